The number of hydrogen-bond donors (Lipinski definition) is 1. The van der Waals surface area contributed by atoms with Gasteiger partial charge in [0.2, 0.25) is 0 Å². The predicted molar refractivity (Wildman–Crippen MR) is 69.3 cm³/mol. The Morgan fingerprint density at radius 3 is 3.33 bits per heavy atom. The van der Waals surface area contributed by atoms with Crippen LogP contribution in [0, 0.1) is 0 Å². The van der Waals surface area contributed by atoms with Crippen LogP contribution in [0.3, 0.4) is 0 Å². The summed E-state index contributed by atoms with van der Waals surface area (Å²) in [6.07, 6.45) is 10.4. The van der Waals surface area contributed by atoms with Crippen LogP contribution in [0.2, 0.25) is 0 Å². The highest BCUT2D eigenvalue weighted by Crippen LogP contribution is 2.30. The number of furan rings is 1. The van der Waals surface area contributed by atoms with Crippen molar-refractivity contribution in [3.05, 3.63) is 41.6 Å². The Bertz CT molecular complexity index is 515. The van der Waals surface area contributed by atoms with Gasteiger partial charge in [-0.15, -0.1) is 0 Å². The standard InChI is InChI=1S/C14H19N3O/c1-17-10-11(9-16-17)5-7-15-13-3-2-4-14-12(13)6-8-18-14/h6,8-10,13,15H,2-5,7H2,1H3. The number of aromatic nitrogens is 2. The molecular weight excluding hydrogens is 226 g/mol. The fraction of sp³-hybridized carbons (Fsp3) is 0.500. The minimum Gasteiger partial charge on any atom is -0.469 e. The molecule has 0 amide bonds. The molecule has 0 saturated carbocycles. The van der Waals surface area contributed by atoms with Crippen LogP contribution >= 0.6 is 0 Å². The van der Waals surface area contributed by atoms with Crippen molar-refractivity contribution in [1.29, 1.82) is 0 Å². The average Bonchev–Trinajstić information content (AvgIpc) is 2.98. The van der Waals surface area contributed by atoms with E-state index >= 15 is 0 Å². The van der Waals surface area contributed by atoms with E-state index in [1.165, 1.54) is 29.7 Å². The molecule has 2 aromatic rings. The second-order valence-electron chi connectivity index (χ2n) is 4.97. The van der Waals surface area contributed by atoms with Gasteiger partial charge >= 0.3 is 0 Å². The first-order chi connectivity index (χ1) is 8.83. The van der Waals surface area contributed by atoms with Gasteiger partial charge in [0.25, 0.3) is 0 Å². The van der Waals surface area contributed by atoms with E-state index in [4.69, 9.17) is 4.42 Å². The van der Waals surface area contributed by atoms with Crippen molar-refractivity contribution in [3.8, 4) is 0 Å². The van der Waals surface area contributed by atoms with Gasteiger partial charge in [-0.2, -0.15) is 5.10 Å². The number of nitrogens with zero attached hydrogens (tertiary/aromatic N) is 2. The maximum absolute atomic E-state index is 5.50. The fourth-order valence-electron chi connectivity index (χ4n) is 2.69. The van der Waals surface area contributed by atoms with Crippen molar-refractivity contribution < 1.29 is 4.42 Å². The van der Waals surface area contributed by atoms with Crippen LogP contribution in [0.1, 0.15) is 35.8 Å². The van der Waals surface area contributed by atoms with Crippen molar-refractivity contribution in [2.75, 3.05) is 6.54 Å². The van der Waals surface area contributed by atoms with Crippen molar-refractivity contribution in [1.82, 2.24) is 15.1 Å². The van der Waals surface area contributed by atoms with Crippen LogP contribution in [0.5, 0.6) is 0 Å². The molecular formula is C14H19N3O. The Hall–Kier alpha value is -1.55. The van der Waals surface area contributed by atoms with Gasteiger partial charge in [0, 0.05) is 31.3 Å². The smallest absolute Gasteiger partial charge is 0.108 e. The molecule has 3 rings (SSSR count). The molecule has 0 saturated heterocycles. The summed E-state index contributed by atoms with van der Waals surface area (Å²) in [7, 11) is 1.95. The maximum atomic E-state index is 5.50. The first kappa shape index (κ1) is 11.5. The maximum Gasteiger partial charge on any atom is 0.108 e. The lowest BCUT2D eigenvalue weighted by atomic mass is 9.93. The summed E-state index contributed by atoms with van der Waals surface area (Å²) in [6, 6.07) is 2.57. The summed E-state index contributed by atoms with van der Waals surface area (Å²) in [5.74, 6) is 1.17. The first-order valence-electron chi connectivity index (χ1n) is 6.60. The molecule has 4 nitrogen and oxygen atoms in total. The van der Waals surface area contributed by atoms with Gasteiger partial charge in [-0.05, 0) is 37.4 Å². The monoisotopic (exact) mass is 245 g/mol. The molecule has 4 heteroatoms. The molecule has 2 aromatic heterocycles. The van der Waals surface area contributed by atoms with Crippen molar-refractivity contribution >= 4 is 0 Å². The third-order valence-electron chi connectivity index (χ3n) is 3.61. The molecule has 0 fully saturated rings. The van der Waals surface area contributed by atoms with Crippen molar-refractivity contribution in [2.45, 2.75) is 31.7 Å². The van der Waals surface area contributed by atoms with E-state index in [0.717, 1.165) is 19.4 Å². The van der Waals surface area contributed by atoms with Gasteiger partial charge in [-0.3, -0.25) is 4.68 Å². The SMILES string of the molecule is Cn1cc(CCNC2CCCc3occc32)cn1. The van der Waals surface area contributed by atoms with Crippen LogP contribution in [0.25, 0.3) is 0 Å². The summed E-state index contributed by atoms with van der Waals surface area (Å²) in [5.41, 5.74) is 2.64. The van der Waals surface area contributed by atoms with E-state index in [9.17, 15) is 0 Å². The highest BCUT2D eigenvalue weighted by molar-refractivity contribution is 5.24. The van der Waals surface area contributed by atoms with E-state index in [0.29, 0.717) is 6.04 Å². The Labute approximate surface area is 107 Å². The summed E-state index contributed by atoms with van der Waals surface area (Å²) in [5, 5.41) is 7.81. The quantitative estimate of drug-likeness (QED) is 0.898. The van der Waals surface area contributed by atoms with Crippen LogP contribution in [-0.2, 0) is 19.9 Å². The number of aryl methyl sites for hydroxylation is 2. The molecule has 2 heterocycles. The van der Waals surface area contributed by atoms with Gasteiger partial charge < -0.3 is 9.73 Å². The molecule has 1 N–H and O–H groups in total. The molecule has 0 radical (unpaired) electrons. The average molecular weight is 245 g/mol. The Kier molecular flexibility index (Phi) is 3.19. The van der Waals surface area contributed by atoms with Crippen molar-refractivity contribution in [2.24, 2.45) is 7.05 Å². The molecule has 1 unspecified atom stereocenters. The van der Waals surface area contributed by atoms with E-state index in [1.807, 2.05) is 24.2 Å². The van der Waals surface area contributed by atoms with Gasteiger partial charge in [-0.25, -0.2) is 0 Å². The molecule has 0 aromatic carbocycles. The summed E-state index contributed by atoms with van der Waals surface area (Å²) < 4.78 is 7.35. The Morgan fingerprint density at radius 1 is 1.56 bits per heavy atom. The molecule has 1 atom stereocenters. The van der Waals surface area contributed by atoms with Gasteiger partial charge in [0.05, 0.1) is 12.5 Å². The van der Waals surface area contributed by atoms with E-state index in [2.05, 4.69) is 22.7 Å². The lowest BCUT2D eigenvalue weighted by molar-refractivity contribution is 0.413. The summed E-state index contributed by atoms with van der Waals surface area (Å²) in [6.45, 7) is 0.987. The first-order valence-corrected chi connectivity index (χ1v) is 6.60. The third-order valence-corrected chi connectivity index (χ3v) is 3.61. The number of rotatable bonds is 4. The molecule has 0 bridgehead atoms. The van der Waals surface area contributed by atoms with Crippen LogP contribution in [-0.4, -0.2) is 16.3 Å². The summed E-state index contributed by atoms with van der Waals surface area (Å²) >= 11 is 0. The topological polar surface area (TPSA) is 43.0 Å². The molecule has 0 spiro atoms. The molecule has 96 valence electrons. The number of hydrogen-bond acceptors (Lipinski definition) is 3. The zero-order chi connectivity index (χ0) is 12.4. The molecule has 0 aliphatic heterocycles. The summed E-state index contributed by atoms with van der Waals surface area (Å²) in [4.78, 5) is 0. The lowest BCUT2D eigenvalue weighted by Gasteiger charge is -2.22. The highest BCUT2D eigenvalue weighted by Gasteiger charge is 2.21. The van der Waals surface area contributed by atoms with Crippen LogP contribution in [0.15, 0.2) is 29.1 Å². The Morgan fingerprint density at radius 2 is 2.50 bits per heavy atom. The largest absolute Gasteiger partial charge is 0.469 e. The number of fused-ring (bicyclic) bond motifs is 1. The van der Waals surface area contributed by atoms with E-state index in [1.54, 1.807) is 0 Å². The zero-order valence-corrected chi connectivity index (χ0v) is 10.7. The van der Waals surface area contributed by atoms with E-state index in [-0.39, 0.29) is 0 Å². The number of nitrogens with one attached hydrogen (secondary N) is 1. The van der Waals surface area contributed by atoms with E-state index < -0.39 is 0 Å². The second kappa shape index (κ2) is 4.98. The lowest BCUT2D eigenvalue weighted by Crippen LogP contribution is -2.26. The van der Waals surface area contributed by atoms with Gasteiger partial charge in [0.1, 0.15) is 5.76 Å². The fourth-order valence-corrected chi connectivity index (χ4v) is 2.69. The van der Waals surface area contributed by atoms with Crippen molar-refractivity contribution in [3.63, 3.8) is 0 Å². The molecule has 1 aliphatic rings. The zero-order valence-electron chi connectivity index (χ0n) is 10.7. The highest BCUT2D eigenvalue weighted by atomic mass is 16.3. The van der Waals surface area contributed by atoms with Gasteiger partial charge in [0.15, 0.2) is 0 Å². The van der Waals surface area contributed by atoms with Crippen LogP contribution in [0.4, 0.5) is 0 Å². The second-order valence-corrected chi connectivity index (χ2v) is 4.97. The molecule has 18 heavy (non-hydrogen) atoms. The van der Waals surface area contributed by atoms with Crippen LogP contribution < -0.4 is 5.32 Å². The normalized spacial score (nSPS) is 18.8. The predicted octanol–water partition coefficient (Wildman–Crippen LogP) is 2.22. The third kappa shape index (κ3) is 2.34. The molecule has 1 aliphatic carbocycles. The minimum absolute atomic E-state index is 0.462. The van der Waals surface area contributed by atoms with Gasteiger partial charge in [-0.1, -0.05) is 0 Å². The Balaban J connectivity index is 1.55. The minimum atomic E-state index is 0.462.